The number of thiophene rings is 1. The average Bonchev–Trinajstić information content (AvgIpc) is 3.06. The molecule has 2 saturated heterocycles. The molecule has 3 heterocycles. The van der Waals surface area contributed by atoms with Crippen molar-refractivity contribution in [3.05, 3.63) is 21.9 Å². The standard InChI is InChI=1S/C14H19N3OS/c15-5-11-4-14(19-10-11)7-16-6-13-8-17-3-1-2-12(17)9-18-13/h4,10,12-13,16H,1-3,6-9H2. The Bertz CT molecular complexity index is 468. The van der Waals surface area contributed by atoms with Crippen LogP contribution in [0, 0.1) is 11.3 Å². The van der Waals surface area contributed by atoms with E-state index in [-0.39, 0.29) is 0 Å². The highest BCUT2D eigenvalue weighted by Gasteiger charge is 2.31. The minimum atomic E-state index is 0.310. The van der Waals surface area contributed by atoms with Gasteiger partial charge in [0.1, 0.15) is 6.07 Å². The van der Waals surface area contributed by atoms with E-state index >= 15 is 0 Å². The Kier molecular flexibility index (Phi) is 4.14. The number of hydrogen-bond donors (Lipinski definition) is 1. The second kappa shape index (κ2) is 6.02. The van der Waals surface area contributed by atoms with E-state index in [1.165, 1.54) is 24.3 Å². The van der Waals surface area contributed by atoms with Crippen molar-refractivity contribution in [1.29, 1.82) is 5.26 Å². The zero-order valence-corrected chi connectivity index (χ0v) is 11.8. The predicted octanol–water partition coefficient (Wildman–Crippen LogP) is 1.57. The monoisotopic (exact) mass is 277 g/mol. The van der Waals surface area contributed by atoms with Crippen molar-refractivity contribution in [2.75, 3.05) is 26.2 Å². The van der Waals surface area contributed by atoms with Crippen molar-refractivity contribution in [2.24, 2.45) is 0 Å². The number of hydrogen-bond acceptors (Lipinski definition) is 5. The third kappa shape index (κ3) is 3.15. The maximum absolute atomic E-state index is 8.78. The number of nitrogens with one attached hydrogen (secondary N) is 1. The number of morpholine rings is 1. The summed E-state index contributed by atoms with van der Waals surface area (Å²) < 4.78 is 5.90. The Labute approximate surface area is 118 Å². The van der Waals surface area contributed by atoms with Gasteiger partial charge in [0, 0.05) is 35.9 Å². The molecule has 0 radical (unpaired) electrons. The van der Waals surface area contributed by atoms with Crippen LogP contribution in [0.5, 0.6) is 0 Å². The minimum Gasteiger partial charge on any atom is -0.374 e. The van der Waals surface area contributed by atoms with E-state index < -0.39 is 0 Å². The highest BCUT2D eigenvalue weighted by molar-refractivity contribution is 7.10. The molecular formula is C14H19N3OS. The average molecular weight is 277 g/mol. The summed E-state index contributed by atoms with van der Waals surface area (Å²) in [5.41, 5.74) is 0.760. The largest absolute Gasteiger partial charge is 0.374 e. The van der Waals surface area contributed by atoms with Crippen LogP contribution in [0.3, 0.4) is 0 Å². The van der Waals surface area contributed by atoms with Gasteiger partial charge in [0.15, 0.2) is 0 Å². The van der Waals surface area contributed by atoms with Gasteiger partial charge in [-0.05, 0) is 25.5 Å². The van der Waals surface area contributed by atoms with Crippen LogP contribution in [0.2, 0.25) is 0 Å². The fraction of sp³-hybridized carbons (Fsp3) is 0.643. The van der Waals surface area contributed by atoms with Crippen molar-refractivity contribution in [3.8, 4) is 6.07 Å². The fourth-order valence-corrected chi connectivity index (χ4v) is 3.68. The first-order valence-electron chi connectivity index (χ1n) is 6.89. The maximum atomic E-state index is 8.78. The summed E-state index contributed by atoms with van der Waals surface area (Å²) in [6.07, 6.45) is 2.93. The van der Waals surface area contributed by atoms with Crippen LogP contribution in [0.25, 0.3) is 0 Å². The van der Waals surface area contributed by atoms with Gasteiger partial charge in [-0.1, -0.05) is 0 Å². The van der Waals surface area contributed by atoms with Crippen LogP contribution in [0.15, 0.2) is 11.4 Å². The lowest BCUT2D eigenvalue weighted by atomic mass is 10.2. The van der Waals surface area contributed by atoms with Crippen LogP contribution in [-0.2, 0) is 11.3 Å². The highest BCUT2D eigenvalue weighted by Crippen LogP contribution is 2.22. The zero-order chi connectivity index (χ0) is 13.1. The molecule has 0 amide bonds. The first kappa shape index (κ1) is 13.1. The molecule has 5 heteroatoms. The maximum Gasteiger partial charge on any atom is 0.100 e. The molecular weight excluding hydrogens is 258 g/mol. The van der Waals surface area contributed by atoms with E-state index in [0.29, 0.717) is 12.1 Å². The molecule has 2 atom stereocenters. The number of nitrogens with zero attached hydrogens (tertiary/aromatic N) is 2. The highest BCUT2D eigenvalue weighted by atomic mass is 32.1. The number of fused-ring (bicyclic) bond motifs is 1. The lowest BCUT2D eigenvalue weighted by Crippen LogP contribution is -2.49. The summed E-state index contributed by atoms with van der Waals surface area (Å²) in [5, 5.41) is 14.1. The van der Waals surface area contributed by atoms with E-state index in [9.17, 15) is 0 Å². The van der Waals surface area contributed by atoms with Gasteiger partial charge >= 0.3 is 0 Å². The SMILES string of the molecule is N#Cc1csc(CNCC2CN3CCCC3CO2)c1. The summed E-state index contributed by atoms with van der Waals surface area (Å²) in [6.45, 7) is 4.91. The number of nitriles is 1. The van der Waals surface area contributed by atoms with Gasteiger partial charge in [-0.2, -0.15) is 5.26 Å². The van der Waals surface area contributed by atoms with Crippen LogP contribution in [0.4, 0.5) is 0 Å². The molecule has 0 bridgehead atoms. The van der Waals surface area contributed by atoms with Gasteiger partial charge < -0.3 is 10.1 Å². The number of rotatable bonds is 4. The Morgan fingerprint density at radius 3 is 3.37 bits per heavy atom. The van der Waals surface area contributed by atoms with Gasteiger partial charge in [-0.15, -0.1) is 11.3 Å². The van der Waals surface area contributed by atoms with Gasteiger partial charge in [-0.25, -0.2) is 0 Å². The minimum absolute atomic E-state index is 0.310. The first-order valence-corrected chi connectivity index (χ1v) is 7.77. The van der Waals surface area contributed by atoms with Crippen molar-refractivity contribution in [1.82, 2.24) is 10.2 Å². The van der Waals surface area contributed by atoms with Crippen molar-refractivity contribution in [2.45, 2.75) is 31.5 Å². The van der Waals surface area contributed by atoms with Crippen molar-refractivity contribution >= 4 is 11.3 Å². The van der Waals surface area contributed by atoms with E-state index in [0.717, 1.165) is 31.8 Å². The van der Waals surface area contributed by atoms with Crippen molar-refractivity contribution in [3.63, 3.8) is 0 Å². The molecule has 0 aliphatic carbocycles. The molecule has 0 aromatic carbocycles. The van der Waals surface area contributed by atoms with E-state index in [1.54, 1.807) is 11.3 Å². The van der Waals surface area contributed by atoms with E-state index in [2.05, 4.69) is 16.3 Å². The van der Waals surface area contributed by atoms with Gasteiger partial charge in [0.25, 0.3) is 0 Å². The van der Waals surface area contributed by atoms with E-state index in [1.807, 2.05) is 11.4 Å². The normalized spacial score (nSPS) is 27.1. The second-order valence-corrected chi connectivity index (χ2v) is 6.29. The van der Waals surface area contributed by atoms with Gasteiger partial charge in [0.05, 0.1) is 18.3 Å². The summed E-state index contributed by atoms with van der Waals surface area (Å²) in [7, 11) is 0. The Morgan fingerprint density at radius 2 is 2.53 bits per heavy atom. The molecule has 2 aliphatic rings. The zero-order valence-electron chi connectivity index (χ0n) is 11.0. The van der Waals surface area contributed by atoms with Crippen LogP contribution >= 0.6 is 11.3 Å². The molecule has 3 rings (SSSR count). The van der Waals surface area contributed by atoms with Gasteiger partial charge in [-0.3, -0.25) is 4.90 Å². The molecule has 1 N–H and O–H groups in total. The Hall–Kier alpha value is -0.930. The fourth-order valence-electron chi connectivity index (χ4n) is 2.90. The molecule has 2 fully saturated rings. The molecule has 0 spiro atoms. The third-order valence-electron chi connectivity index (χ3n) is 3.92. The summed E-state index contributed by atoms with van der Waals surface area (Å²) in [5.74, 6) is 0. The summed E-state index contributed by atoms with van der Waals surface area (Å²) in [4.78, 5) is 3.78. The molecule has 1 aromatic rings. The second-order valence-electron chi connectivity index (χ2n) is 5.29. The Morgan fingerprint density at radius 1 is 1.58 bits per heavy atom. The lowest BCUT2D eigenvalue weighted by Gasteiger charge is -2.35. The molecule has 2 aliphatic heterocycles. The molecule has 19 heavy (non-hydrogen) atoms. The number of ether oxygens (including phenoxy) is 1. The van der Waals surface area contributed by atoms with Crippen LogP contribution in [0.1, 0.15) is 23.3 Å². The van der Waals surface area contributed by atoms with Crippen molar-refractivity contribution < 1.29 is 4.74 Å². The molecule has 4 nitrogen and oxygen atoms in total. The molecule has 0 saturated carbocycles. The Balaban J connectivity index is 1.41. The topological polar surface area (TPSA) is 48.3 Å². The smallest absolute Gasteiger partial charge is 0.100 e. The molecule has 1 aromatic heterocycles. The third-order valence-corrected chi connectivity index (χ3v) is 4.85. The van der Waals surface area contributed by atoms with E-state index in [4.69, 9.17) is 10.00 Å². The predicted molar refractivity (Wildman–Crippen MR) is 75.1 cm³/mol. The summed E-state index contributed by atoms with van der Waals surface area (Å²) >= 11 is 1.64. The van der Waals surface area contributed by atoms with Gasteiger partial charge in [0.2, 0.25) is 0 Å². The summed E-state index contributed by atoms with van der Waals surface area (Å²) in [6, 6.07) is 4.79. The van der Waals surface area contributed by atoms with Crippen LogP contribution in [-0.4, -0.2) is 43.3 Å². The quantitative estimate of drug-likeness (QED) is 0.907. The van der Waals surface area contributed by atoms with Crippen LogP contribution < -0.4 is 5.32 Å². The molecule has 2 unspecified atom stereocenters. The lowest BCUT2D eigenvalue weighted by molar-refractivity contribution is -0.0470. The first-order chi connectivity index (χ1) is 9.35. The molecule has 102 valence electrons.